The molecule has 26 heavy (non-hydrogen) atoms. The minimum Gasteiger partial charge on any atom is -0.480 e. The number of carbonyl (C=O) groups is 1. The number of carboxylic acid groups (broad SMARTS) is 1. The molecule has 0 fully saturated rings. The van der Waals surface area contributed by atoms with Gasteiger partial charge < -0.3 is 10.0 Å². The monoisotopic (exact) mass is 343 g/mol. The molecule has 0 unspecified atom stereocenters. The molecule has 0 amide bonds. The zero-order valence-corrected chi connectivity index (χ0v) is 14.5. The van der Waals surface area contributed by atoms with Gasteiger partial charge in [0.2, 0.25) is 0 Å². The predicted molar refractivity (Wildman–Crippen MR) is 103 cm³/mol. The van der Waals surface area contributed by atoms with Crippen molar-refractivity contribution in [1.29, 1.82) is 0 Å². The average molecular weight is 343 g/mol. The third-order valence-electron chi connectivity index (χ3n) is 7.00. The highest BCUT2D eigenvalue weighted by atomic mass is 16.4. The van der Waals surface area contributed by atoms with E-state index in [1.54, 1.807) is 0 Å². The number of fused-ring (bicyclic) bond motifs is 6. The van der Waals surface area contributed by atoms with Crippen LogP contribution in [-0.4, -0.2) is 23.7 Å². The van der Waals surface area contributed by atoms with Crippen molar-refractivity contribution in [3.63, 3.8) is 0 Å². The van der Waals surface area contributed by atoms with E-state index in [0.29, 0.717) is 11.8 Å². The number of rotatable bonds is 1. The molecule has 130 valence electrons. The van der Waals surface area contributed by atoms with Crippen molar-refractivity contribution in [2.45, 2.75) is 30.7 Å². The quantitative estimate of drug-likeness (QED) is 0.778. The Morgan fingerprint density at radius 2 is 1.88 bits per heavy atom. The summed E-state index contributed by atoms with van der Waals surface area (Å²) in [6, 6.07) is 10.5. The molecular formula is C23H21NO2. The lowest BCUT2D eigenvalue weighted by Gasteiger charge is -2.49. The van der Waals surface area contributed by atoms with Crippen LogP contribution >= 0.6 is 0 Å². The first-order valence-corrected chi connectivity index (χ1v) is 9.62. The second-order valence-corrected chi connectivity index (χ2v) is 8.19. The lowest BCUT2D eigenvalue weighted by atomic mass is 9.70. The molecule has 5 atom stereocenters. The van der Waals surface area contributed by atoms with Gasteiger partial charge in [-0.2, -0.15) is 0 Å². The summed E-state index contributed by atoms with van der Waals surface area (Å²) in [4.78, 5) is 14.5. The van der Waals surface area contributed by atoms with Crippen molar-refractivity contribution < 1.29 is 9.90 Å². The molecule has 2 heterocycles. The molecule has 3 heteroatoms. The van der Waals surface area contributed by atoms with E-state index in [1.807, 2.05) is 0 Å². The number of allylic oxidation sites excluding steroid dienone is 4. The van der Waals surface area contributed by atoms with Gasteiger partial charge in [-0.25, -0.2) is 4.79 Å². The molecule has 0 aromatic heterocycles. The molecule has 3 nitrogen and oxygen atoms in total. The molecule has 0 saturated carbocycles. The van der Waals surface area contributed by atoms with Gasteiger partial charge in [0.15, 0.2) is 0 Å². The minimum absolute atomic E-state index is 0.143. The Morgan fingerprint density at radius 1 is 1.08 bits per heavy atom. The Bertz CT molecular complexity index is 1000. The molecular weight excluding hydrogens is 322 g/mol. The van der Waals surface area contributed by atoms with Gasteiger partial charge in [0.25, 0.3) is 0 Å². The van der Waals surface area contributed by atoms with Gasteiger partial charge in [-0.1, -0.05) is 48.6 Å². The zero-order valence-electron chi connectivity index (χ0n) is 14.5. The summed E-state index contributed by atoms with van der Waals surface area (Å²) >= 11 is 0. The normalized spacial score (nSPS) is 33.2. The summed E-state index contributed by atoms with van der Waals surface area (Å²) in [5, 5.41) is 12.7. The molecule has 2 aliphatic carbocycles. The van der Waals surface area contributed by atoms with Crippen LogP contribution in [0, 0.1) is 11.8 Å². The summed E-state index contributed by atoms with van der Waals surface area (Å²) in [7, 11) is 0. The highest BCUT2D eigenvalue weighted by molar-refractivity contribution is 5.96. The molecule has 2 aliphatic heterocycles. The Kier molecular flexibility index (Phi) is 2.81. The third-order valence-corrected chi connectivity index (χ3v) is 7.00. The van der Waals surface area contributed by atoms with Crippen LogP contribution in [0.25, 0.3) is 10.8 Å². The highest BCUT2D eigenvalue weighted by Crippen LogP contribution is 2.56. The third kappa shape index (κ3) is 1.71. The SMILES string of the molecule is O=C(O)[C@@H]1[C@@H]2CC=C[C@@H]2c2c3c(cc4ccccc24)[C@@H]2C=CC[C@@H]2CN31. The van der Waals surface area contributed by atoms with Gasteiger partial charge in [0, 0.05) is 30.0 Å². The summed E-state index contributed by atoms with van der Waals surface area (Å²) in [6.07, 6.45) is 11.0. The summed E-state index contributed by atoms with van der Waals surface area (Å²) in [5.41, 5.74) is 3.93. The number of anilines is 1. The fourth-order valence-corrected chi connectivity index (χ4v) is 6.00. The van der Waals surface area contributed by atoms with Crippen LogP contribution in [0.5, 0.6) is 0 Å². The Labute approximate surface area is 152 Å². The van der Waals surface area contributed by atoms with Crippen molar-refractivity contribution in [2.24, 2.45) is 11.8 Å². The van der Waals surface area contributed by atoms with Crippen LogP contribution < -0.4 is 4.90 Å². The van der Waals surface area contributed by atoms with Crippen molar-refractivity contribution in [3.8, 4) is 0 Å². The van der Waals surface area contributed by atoms with E-state index >= 15 is 0 Å². The number of hydrogen-bond donors (Lipinski definition) is 1. The number of carboxylic acids is 1. The van der Waals surface area contributed by atoms with E-state index in [1.165, 1.54) is 27.6 Å². The van der Waals surface area contributed by atoms with E-state index in [9.17, 15) is 9.90 Å². The van der Waals surface area contributed by atoms with Crippen LogP contribution in [0.1, 0.15) is 35.8 Å². The van der Waals surface area contributed by atoms with Crippen LogP contribution in [-0.2, 0) is 4.79 Å². The highest BCUT2D eigenvalue weighted by Gasteiger charge is 2.50. The molecule has 1 N–H and O–H groups in total. The lowest BCUT2D eigenvalue weighted by molar-refractivity contribution is -0.140. The van der Waals surface area contributed by atoms with Gasteiger partial charge >= 0.3 is 5.97 Å². The van der Waals surface area contributed by atoms with Gasteiger partial charge in [0.05, 0.1) is 0 Å². The van der Waals surface area contributed by atoms with E-state index in [4.69, 9.17) is 0 Å². The fourth-order valence-electron chi connectivity index (χ4n) is 6.00. The van der Waals surface area contributed by atoms with Crippen molar-refractivity contribution in [3.05, 3.63) is 65.8 Å². The second-order valence-electron chi connectivity index (χ2n) is 8.19. The predicted octanol–water partition coefficient (Wildman–Crippen LogP) is 4.45. The van der Waals surface area contributed by atoms with Crippen molar-refractivity contribution >= 4 is 22.4 Å². The lowest BCUT2D eigenvalue weighted by Crippen LogP contribution is -2.54. The van der Waals surface area contributed by atoms with Gasteiger partial charge in [-0.3, -0.25) is 0 Å². The molecule has 0 saturated heterocycles. The molecule has 0 radical (unpaired) electrons. The maximum absolute atomic E-state index is 12.3. The average Bonchev–Trinajstić information content (AvgIpc) is 3.30. The molecule has 6 rings (SSSR count). The van der Waals surface area contributed by atoms with Crippen molar-refractivity contribution in [2.75, 3.05) is 11.4 Å². The zero-order chi connectivity index (χ0) is 17.4. The van der Waals surface area contributed by atoms with E-state index < -0.39 is 12.0 Å². The number of nitrogens with zero attached hydrogens (tertiary/aromatic N) is 1. The standard InChI is InChI=1S/C23H21NO2/c25-23(26)22-18-10-4-9-17(18)20-16-7-2-1-5-13(16)11-19-15-8-3-6-14(15)12-24(22)21(19)20/h1-5,7-9,11,14-15,17-18,22H,6,10,12H2,(H,25,26)/t14-,15-,17+,18-,22+/m1/s1. The first kappa shape index (κ1) is 14.6. The maximum atomic E-state index is 12.3. The first-order chi connectivity index (χ1) is 12.7. The number of hydrogen-bond acceptors (Lipinski definition) is 2. The molecule has 2 aromatic carbocycles. The first-order valence-electron chi connectivity index (χ1n) is 9.62. The molecule has 0 spiro atoms. The largest absolute Gasteiger partial charge is 0.480 e. The number of aliphatic carboxylic acids is 1. The maximum Gasteiger partial charge on any atom is 0.326 e. The van der Waals surface area contributed by atoms with Crippen LogP contribution in [0.3, 0.4) is 0 Å². The topological polar surface area (TPSA) is 40.5 Å². The van der Waals surface area contributed by atoms with Gasteiger partial charge in [0.1, 0.15) is 6.04 Å². The Morgan fingerprint density at radius 3 is 2.77 bits per heavy atom. The van der Waals surface area contributed by atoms with Crippen LogP contribution in [0.15, 0.2) is 54.6 Å². The summed E-state index contributed by atoms with van der Waals surface area (Å²) < 4.78 is 0. The van der Waals surface area contributed by atoms with Gasteiger partial charge in [-0.05, 0) is 46.7 Å². The Hall–Kier alpha value is -2.55. The van der Waals surface area contributed by atoms with E-state index in [2.05, 4.69) is 59.5 Å². The fraction of sp³-hybridized carbons (Fsp3) is 0.348. The number of benzene rings is 2. The van der Waals surface area contributed by atoms with Crippen molar-refractivity contribution in [1.82, 2.24) is 0 Å². The van der Waals surface area contributed by atoms with Crippen LogP contribution in [0.4, 0.5) is 5.69 Å². The molecule has 0 bridgehead atoms. The van der Waals surface area contributed by atoms with E-state index in [0.717, 1.165) is 19.4 Å². The smallest absolute Gasteiger partial charge is 0.326 e. The summed E-state index contributed by atoms with van der Waals surface area (Å²) in [6.45, 7) is 0.857. The molecule has 4 aliphatic rings. The van der Waals surface area contributed by atoms with E-state index in [-0.39, 0.29) is 11.8 Å². The Balaban J connectivity index is 1.72. The summed E-state index contributed by atoms with van der Waals surface area (Å²) in [5.74, 6) is 0.627. The van der Waals surface area contributed by atoms with Crippen LogP contribution in [0.2, 0.25) is 0 Å². The minimum atomic E-state index is -0.669. The van der Waals surface area contributed by atoms with Gasteiger partial charge in [-0.15, -0.1) is 0 Å². The second kappa shape index (κ2) is 5.00. The molecule has 2 aromatic rings.